The highest BCUT2D eigenvalue weighted by molar-refractivity contribution is 6.54. The maximum Gasteiger partial charge on any atom is 0.490 e. The minimum Gasteiger partial charge on any atom is -0.469 e. The molecule has 1 heterocycles. The summed E-state index contributed by atoms with van der Waals surface area (Å²) in [4.78, 5) is 11.9. The molecule has 0 spiro atoms. The Morgan fingerprint density at radius 1 is 1.19 bits per heavy atom. The standard InChI is InChI=1S/C16H27BO4/c1-14(2)10-11(8-9-12(14)13(18)19-7)17-20-15(3,4)16(5,6)21-17/h8,12H,9-10H2,1-7H3. The zero-order valence-electron chi connectivity index (χ0n) is 14.3. The Hall–Kier alpha value is -0.805. The molecule has 0 aromatic rings. The van der Waals surface area contributed by atoms with Gasteiger partial charge in [-0.3, -0.25) is 4.79 Å². The van der Waals surface area contributed by atoms with Crippen LogP contribution in [0.2, 0.25) is 0 Å². The highest BCUT2D eigenvalue weighted by Gasteiger charge is 2.54. The average molecular weight is 294 g/mol. The van der Waals surface area contributed by atoms with E-state index in [-0.39, 0.29) is 35.6 Å². The number of methoxy groups -OCH3 is 1. The molecule has 0 N–H and O–H groups in total. The molecule has 1 atom stereocenters. The molecular formula is C16H27BO4. The molecule has 1 aliphatic carbocycles. The number of carbonyl (C=O) groups excluding carboxylic acids is 1. The highest BCUT2D eigenvalue weighted by atomic mass is 16.7. The van der Waals surface area contributed by atoms with Crippen LogP contribution in [0.5, 0.6) is 0 Å². The summed E-state index contributed by atoms with van der Waals surface area (Å²) >= 11 is 0. The lowest BCUT2D eigenvalue weighted by atomic mass is 9.61. The van der Waals surface area contributed by atoms with Gasteiger partial charge >= 0.3 is 13.1 Å². The topological polar surface area (TPSA) is 44.8 Å². The molecule has 0 amide bonds. The molecule has 0 saturated carbocycles. The van der Waals surface area contributed by atoms with Crippen LogP contribution in [0.1, 0.15) is 54.4 Å². The van der Waals surface area contributed by atoms with Crippen LogP contribution in [0, 0.1) is 11.3 Å². The number of hydrogen-bond donors (Lipinski definition) is 0. The summed E-state index contributed by atoms with van der Waals surface area (Å²) in [5, 5.41) is 0. The summed E-state index contributed by atoms with van der Waals surface area (Å²) in [6.07, 6.45) is 3.55. The van der Waals surface area contributed by atoms with Gasteiger partial charge in [-0.25, -0.2) is 0 Å². The van der Waals surface area contributed by atoms with Crippen LogP contribution in [-0.4, -0.2) is 31.4 Å². The summed E-state index contributed by atoms with van der Waals surface area (Å²) < 4.78 is 17.1. The molecular weight excluding hydrogens is 267 g/mol. The number of allylic oxidation sites excluding steroid dienone is 2. The van der Waals surface area contributed by atoms with Gasteiger partial charge in [0, 0.05) is 0 Å². The Labute approximate surface area is 128 Å². The van der Waals surface area contributed by atoms with Gasteiger partial charge in [-0.05, 0) is 51.4 Å². The van der Waals surface area contributed by atoms with Crippen molar-refractivity contribution in [3.05, 3.63) is 11.5 Å². The fourth-order valence-corrected chi connectivity index (χ4v) is 3.04. The second kappa shape index (κ2) is 5.13. The fourth-order valence-electron chi connectivity index (χ4n) is 3.04. The van der Waals surface area contributed by atoms with Crippen molar-refractivity contribution in [2.75, 3.05) is 7.11 Å². The third-order valence-corrected chi connectivity index (χ3v) is 5.26. The van der Waals surface area contributed by atoms with Crippen molar-refractivity contribution in [1.29, 1.82) is 0 Å². The Balaban J connectivity index is 2.18. The molecule has 2 aliphatic rings. The maximum absolute atomic E-state index is 11.9. The summed E-state index contributed by atoms with van der Waals surface area (Å²) in [7, 11) is 1.14. The number of carbonyl (C=O) groups is 1. The largest absolute Gasteiger partial charge is 0.490 e. The minimum absolute atomic E-state index is 0.103. The van der Waals surface area contributed by atoms with Crippen molar-refractivity contribution >= 4 is 13.1 Å². The molecule has 0 bridgehead atoms. The number of rotatable bonds is 2. The summed E-state index contributed by atoms with van der Waals surface area (Å²) in [5.74, 6) is -0.238. The van der Waals surface area contributed by atoms with Crippen LogP contribution in [-0.2, 0) is 18.8 Å². The molecule has 1 saturated heterocycles. The first-order chi connectivity index (χ1) is 9.50. The number of hydrogen-bond acceptors (Lipinski definition) is 4. The van der Waals surface area contributed by atoms with E-state index in [2.05, 4.69) is 47.6 Å². The Morgan fingerprint density at radius 2 is 1.71 bits per heavy atom. The third kappa shape index (κ3) is 2.91. The Bertz CT molecular complexity index is 449. The normalized spacial score (nSPS) is 30.0. The van der Waals surface area contributed by atoms with Crippen molar-refractivity contribution in [2.45, 2.75) is 65.6 Å². The van der Waals surface area contributed by atoms with E-state index >= 15 is 0 Å². The zero-order valence-corrected chi connectivity index (χ0v) is 14.3. The first-order valence-corrected chi connectivity index (χ1v) is 7.62. The van der Waals surface area contributed by atoms with Gasteiger partial charge in [0.15, 0.2) is 0 Å². The van der Waals surface area contributed by atoms with Gasteiger partial charge in [0.1, 0.15) is 0 Å². The number of ether oxygens (including phenoxy) is 1. The van der Waals surface area contributed by atoms with Crippen LogP contribution >= 0.6 is 0 Å². The lowest BCUT2D eigenvalue weighted by Gasteiger charge is -2.37. The minimum atomic E-state index is -0.332. The van der Waals surface area contributed by atoms with Crippen LogP contribution in [0.3, 0.4) is 0 Å². The second-order valence-corrected chi connectivity index (χ2v) is 7.84. The molecule has 5 heteroatoms. The van der Waals surface area contributed by atoms with Gasteiger partial charge in [0.25, 0.3) is 0 Å². The van der Waals surface area contributed by atoms with E-state index in [1.54, 1.807) is 0 Å². The van der Waals surface area contributed by atoms with Crippen molar-refractivity contribution in [1.82, 2.24) is 0 Å². The van der Waals surface area contributed by atoms with Gasteiger partial charge in [0.2, 0.25) is 0 Å². The summed E-state index contributed by atoms with van der Waals surface area (Å²) in [6.45, 7) is 12.4. The van der Waals surface area contributed by atoms with Gasteiger partial charge in [-0.2, -0.15) is 0 Å². The molecule has 1 aliphatic heterocycles. The van der Waals surface area contributed by atoms with Crippen molar-refractivity contribution in [3.63, 3.8) is 0 Å². The van der Waals surface area contributed by atoms with Crippen molar-refractivity contribution < 1.29 is 18.8 Å². The molecule has 0 radical (unpaired) electrons. The van der Waals surface area contributed by atoms with E-state index in [1.807, 2.05) is 0 Å². The van der Waals surface area contributed by atoms with E-state index in [4.69, 9.17) is 14.0 Å². The quantitative estimate of drug-likeness (QED) is 0.579. The predicted molar refractivity (Wildman–Crippen MR) is 82.7 cm³/mol. The first kappa shape index (κ1) is 16.6. The van der Waals surface area contributed by atoms with E-state index in [0.29, 0.717) is 6.42 Å². The van der Waals surface area contributed by atoms with Crippen molar-refractivity contribution in [3.8, 4) is 0 Å². The van der Waals surface area contributed by atoms with E-state index in [0.717, 1.165) is 11.9 Å². The maximum atomic E-state index is 11.9. The number of esters is 1. The Kier molecular flexibility index (Phi) is 4.05. The van der Waals surface area contributed by atoms with Crippen LogP contribution in [0.4, 0.5) is 0 Å². The molecule has 0 aromatic heterocycles. The molecule has 1 unspecified atom stereocenters. The van der Waals surface area contributed by atoms with E-state index in [9.17, 15) is 4.79 Å². The Morgan fingerprint density at radius 3 is 2.14 bits per heavy atom. The van der Waals surface area contributed by atoms with Gasteiger partial charge in [-0.15, -0.1) is 0 Å². The predicted octanol–water partition coefficient (Wildman–Crippen LogP) is 3.15. The second-order valence-electron chi connectivity index (χ2n) is 7.84. The summed E-state index contributed by atoms with van der Waals surface area (Å²) in [5.41, 5.74) is 0.323. The highest BCUT2D eigenvalue weighted by Crippen LogP contribution is 2.45. The molecule has 1 fully saturated rings. The van der Waals surface area contributed by atoms with Crippen LogP contribution in [0.25, 0.3) is 0 Å². The SMILES string of the molecule is COC(=O)C1CC=C(B2OC(C)(C)C(C)(C)O2)CC1(C)C. The summed E-state index contributed by atoms with van der Waals surface area (Å²) in [6, 6.07) is 0. The van der Waals surface area contributed by atoms with Gasteiger partial charge in [-0.1, -0.05) is 19.9 Å². The molecule has 2 rings (SSSR count). The first-order valence-electron chi connectivity index (χ1n) is 7.62. The van der Waals surface area contributed by atoms with Crippen LogP contribution in [0.15, 0.2) is 11.5 Å². The van der Waals surface area contributed by atoms with Gasteiger partial charge in [0.05, 0.1) is 24.2 Å². The fraction of sp³-hybridized carbons (Fsp3) is 0.812. The zero-order chi connectivity index (χ0) is 16.1. The lowest BCUT2D eigenvalue weighted by molar-refractivity contribution is -0.149. The molecule has 0 aromatic carbocycles. The van der Waals surface area contributed by atoms with Crippen molar-refractivity contribution in [2.24, 2.45) is 11.3 Å². The smallest absolute Gasteiger partial charge is 0.469 e. The van der Waals surface area contributed by atoms with E-state index in [1.165, 1.54) is 7.11 Å². The van der Waals surface area contributed by atoms with E-state index < -0.39 is 0 Å². The molecule has 21 heavy (non-hydrogen) atoms. The average Bonchev–Trinajstić information content (AvgIpc) is 2.56. The molecule has 118 valence electrons. The lowest BCUT2D eigenvalue weighted by Crippen LogP contribution is -2.41. The van der Waals surface area contributed by atoms with Gasteiger partial charge < -0.3 is 14.0 Å². The van der Waals surface area contributed by atoms with Crippen LogP contribution < -0.4 is 0 Å². The monoisotopic (exact) mass is 294 g/mol. The molecule has 4 nitrogen and oxygen atoms in total. The third-order valence-electron chi connectivity index (χ3n) is 5.26.